The van der Waals surface area contributed by atoms with Crippen molar-refractivity contribution in [2.24, 2.45) is 0 Å². The van der Waals surface area contributed by atoms with Crippen LogP contribution in [0.1, 0.15) is 51.0 Å². The molecule has 1 saturated carbocycles. The first-order chi connectivity index (χ1) is 11.8. The van der Waals surface area contributed by atoms with Crippen molar-refractivity contribution in [2.45, 2.75) is 62.3 Å². The van der Waals surface area contributed by atoms with Crippen molar-refractivity contribution in [3.8, 4) is 0 Å². The monoisotopic (exact) mass is 367 g/mol. The van der Waals surface area contributed by atoms with Gasteiger partial charge in [-0.05, 0) is 37.0 Å². The molecule has 0 spiro atoms. The van der Waals surface area contributed by atoms with Gasteiger partial charge in [0.1, 0.15) is 0 Å². The van der Waals surface area contributed by atoms with Crippen LogP contribution in [0.25, 0.3) is 0 Å². The second kappa shape index (κ2) is 7.99. The van der Waals surface area contributed by atoms with Crippen LogP contribution in [0.15, 0.2) is 29.2 Å². The van der Waals surface area contributed by atoms with Crippen LogP contribution in [-0.4, -0.2) is 36.7 Å². The topological polar surface area (TPSA) is 101 Å². The number of amides is 1. The molecule has 25 heavy (non-hydrogen) atoms. The number of hydrogen-bond donors (Lipinski definition) is 2. The van der Waals surface area contributed by atoms with E-state index in [-0.39, 0.29) is 29.4 Å². The average molecular weight is 367 g/mol. The highest BCUT2D eigenvalue weighted by Gasteiger charge is 2.37. The van der Waals surface area contributed by atoms with E-state index in [1.807, 2.05) is 0 Å². The summed E-state index contributed by atoms with van der Waals surface area (Å²) in [6, 6.07) is 6.57. The van der Waals surface area contributed by atoms with Gasteiger partial charge in [0, 0.05) is 6.42 Å². The summed E-state index contributed by atoms with van der Waals surface area (Å²) in [5.41, 5.74) is 0.269. The molecule has 1 aromatic carbocycles. The maximum absolute atomic E-state index is 12.2. The summed E-state index contributed by atoms with van der Waals surface area (Å²) in [5, 5.41) is 12.0. The first-order valence-electron chi connectivity index (χ1n) is 8.61. The number of nitrogens with one attached hydrogen (secondary N) is 1. The van der Waals surface area contributed by atoms with Crippen LogP contribution >= 0.6 is 0 Å². The van der Waals surface area contributed by atoms with Gasteiger partial charge in [0.2, 0.25) is 5.91 Å². The number of carboxylic acids is 1. The summed E-state index contributed by atoms with van der Waals surface area (Å²) >= 11 is 0. The second-order valence-electron chi connectivity index (χ2n) is 6.65. The van der Waals surface area contributed by atoms with Gasteiger partial charge in [-0.2, -0.15) is 0 Å². The smallest absolute Gasteiger partial charge is 0.305 e. The summed E-state index contributed by atoms with van der Waals surface area (Å²) in [6.45, 7) is 1.60. The minimum Gasteiger partial charge on any atom is -0.481 e. The molecule has 2 rings (SSSR count). The van der Waals surface area contributed by atoms with Gasteiger partial charge < -0.3 is 10.4 Å². The Balaban J connectivity index is 1.92. The van der Waals surface area contributed by atoms with Crippen molar-refractivity contribution in [2.75, 3.05) is 5.75 Å². The minimum absolute atomic E-state index is 0.0394. The van der Waals surface area contributed by atoms with E-state index in [2.05, 4.69) is 5.32 Å². The van der Waals surface area contributed by atoms with Gasteiger partial charge in [0.25, 0.3) is 0 Å². The molecule has 1 amide bonds. The molecule has 7 heteroatoms. The molecule has 0 aliphatic heterocycles. The lowest BCUT2D eigenvalue weighted by atomic mass is 9.93. The van der Waals surface area contributed by atoms with Crippen LogP contribution in [0.2, 0.25) is 0 Å². The highest BCUT2D eigenvalue weighted by molar-refractivity contribution is 7.91. The van der Waals surface area contributed by atoms with E-state index in [1.54, 1.807) is 31.2 Å². The number of carbonyl (C=O) groups is 2. The first-order valence-corrected chi connectivity index (χ1v) is 10.3. The minimum atomic E-state index is -3.22. The highest BCUT2D eigenvalue weighted by Crippen LogP contribution is 2.32. The summed E-state index contributed by atoms with van der Waals surface area (Å²) in [4.78, 5) is 23.6. The number of aryl methyl sites for hydroxylation is 1. The second-order valence-corrected chi connectivity index (χ2v) is 8.93. The third-order valence-electron chi connectivity index (χ3n) is 4.76. The fourth-order valence-corrected chi connectivity index (χ4v) is 4.22. The predicted octanol–water partition coefficient (Wildman–Crippen LogP) is 2.32. The van der Waals surface area contributed by atoms with Crippen molar-refractivity contribution in [3.63, 3.8) is 0 Å². The number of hydrogen-bond acceptors (Lipinski definition) is 4. The van der Waals surface area contributed by atoms with Crippen LogP contribution in [0.5, 0.6) is 0 Å². The maximum Gasteiger partial charge on any atom is 0.305 e. The third-order valence-corrected chi connectivity index (χ3v) is 6.51. The quantitative estimate of drug-likeness (QED) is 0.734. The molecule has 0 atom stereocenters. The van der Waals surface area contributed by atoms with Crippen molar-refractivity contribution in [1.29, 1.82) is 0 Å². The molecular formula is C18H25NO5S. The van der Waals surface area contributed by atoms with Crippen molar-refractivity contribution < 1.29 is 23.1 Å². The molecule has 1 aliphatic rings. The van der Waals surface area contributed by atoms with Gasteiger partial charge in [-0.1, -0.05) is 31.9 Å². The van der Waals surface area contributed by atoms with E-state index in [0.29, 0.717) is 19.3 Å². The molecule has 0 heterocycles. The van der Waals surface area contributed by atoms with E-state index in [1.165, 1.54) is 0 Å². The lowest BCUT2D eigenvalue weighted by molar-refractivity contribution is -0.139. The lowest BCUT2D eigenvalue weighted by Crippen LogP contribution is -2.47. The molecule has 1 fully saturated rings. The highest BCUT2D eigenvalue weighted by atomic mass is 32.2. The number of rotatable bonds is 8. The van der Waals surface area contributed by atoms with E-state index in [9.17, 15) is 18.0 Å². The van der Waals surface area contributed by atoms with Crippen molar-refractivity contribution >= 4 is 21.7 Å². The Morgan fingerprint density at radius 1 is 1.16 bits per heavy atom. The zero-order valence-corrected chi connectivity index (χ0v) is 15.3. The van der Waals surface area contributed by atoms with Gasteiger partial charge in [-0.25, -0.2) is 8.42 Å². The molecule has 0 radical (unpaired) electrons. The Labute approximate surface area is 148 Å². The Morgan fingerprint density at radius 2 is 1.76 bits per heavy atom. The fourth-order valence-electron chi connectivity index (χ4n) is 3.33. The number of benzene rings is 1. The summed E-state index contributed by atoms with van der Waals surface area (Å²) in [6.07, 6.45) is 3.97. The Morgan fingerprint density at radius 3 is 2.28 bits per heavy atom. The molecule has 1 aromatic rings. The summed E-state index contributed by atoms with van der Waals surface area (Å²) in [5.74, 6) is -0.997. The lowest BCUT2D eigenvalue weighted by Gasteiger charge is -2.28. The Kier molecular flexibility index (Phi) is 6.21. The van der Waals surface area contributed by atoms with Crippen LogP contribution in [0.4, 0.5) is 0 Å². The molecule has 0 aromatic heterocycles. The molecule has 6 nitrogen and oxygen atoms in total. The standard InChI is InChI=1S/C18H25NO5S/c1-2-25(23,24)15-8-5-14(6-9-15)7-10-16(20)19-18(13-17(21)22)11-3-4-12-18/h5-6,8-9H,2-4,7,10-13H2,1H3,(H,19,20)(H,21,22). The molecule has 0 unspecified atom stereocenters. The third kappa shape index (κ3) is 5.29. The van der Waals surface area contributed by atoms with Crippen molar-refractivity contribution in [1.82, 2.24) is 5.32 Å². The molecular weight excluding hydrogens is 342 g/mol. The molecule has 2 N–H and O–H groups in total. The van der Waals surface area contributed by atoms with E-state index in [0.717, 1.165) is 18.4 Å². The van der Waals surface area contributed by atoms with Gasteiger partial charge in [0.05, 0.1) is 22.6 Å². The van der Waals surface area contributed by atoms with Crippen LogP contribution in [0.3, 0.4) is 0 Å². The molecule has 0 saturated heterocycles. The maximum atomic E-state index is 12.2. The van der Waals surface area contributed by atoms with Crippen LogP contribution < -0.4 is 5.32 Å². The molecule has 0 bridgehead atoms. The first kappa shape index (κ1) is 19.4. The van der Waals surface area contributed by atoms with Crippen molar-refractivity contribution in [3.05, 3.63) is 29.8 Å². The van der Waals surface area contributed by atoms with E-state index >= 15 is 0 Å². The zero-order valence-electron chi connectivity index (χ0n) is 14.5. The Bertz CT molecular complexity index is 718. The number of aliphatic carboxylic acids is 1. The largest absolute Gasteiger partial charge is 0.481 e. The SMILES string of the molecule is CCS(=O)(=O)c1ccc(CCC(=O)NC2(CC(=O)O)CCCC2)cc1. The summed E-state index contributed by atoms with van der Waals surface area (Å²) < 4.78 is 23.6. The normalized spacial score (nSPS) is 16.5. The number of carboxylic acid groups (broad SMARTS) is 1. The molecule has 1 aliphatic carbocycles. The zero-order chi connectivity index (χ0) is 18.5. The number of carbonyl (C=O) groups excluding carboxylic acids is 1. The Hall–Kier alpha value is -1.89. The van der Waals surface area contributed by atoms with Gasteiger partial charge in [0.15, 0.2) is 9.84 Å². The summed E-state index contributed by atoms with van der Waals surface area (Å²) in [7, 11) is -3.22. The predicted molar refractivity (Wildman–Crippen MR) is 94.1 cm³/mol. The van der Waals surface area contributed by atoms with E-state index < -0.39 is 21.3 Å². The van der Waals surface area contributed by atoms with Crippen LogP contribution in [0, 0.1) is 0 Å². The average Bonchev–Trinajstić information content (AvgIpc) is 3.00. The molecule has 138 valence electrons. The van der Waals surface area contributed by atoms with Crippen LogP contribution in [-0.2, 0) is 25.8 Å². The fraction of sp³-hybridized carbons (Fsp3) is 0.556. The van der Waals surface area contributed by atoms with E-state index in [4.69, 9.17) is 5.11 Å². The van der Waals surface area contributed by atoms with Gasteiger partial charge in [-0.15, -0.1) is 0 Å². The number of sulfone groups is 1. The van der Waals surface area contributed by atoms with Gasteiger partial charge in [-0.3, -0.25) is 9.59 Å². The van der Waals surface area contributed by atoms with Gasteiger partial charge >= 0.3 is 5.97 Å².